The first-order valence-corrected chi connectivity index (χ1v) is 7.00. The van der Waals surface area contributed by atoms with E-state index in [1.807, 2.05) is 26.0 Å². The molecule has 0 unspecified atom stereocenters. The van der Waals surface area contributed by atoms with Crippen LogP contribution in [-0.4, -0.2) is 12.5 Å². The van der Waals surface area contributed by atoms with Crippen molar-refractivity contribution in [2.75, 3.05) is 12.3 Å². The van der Waals surface area contributed by atoms with E-state index < -0.39 is 0 Å². The van der Waals surface area contributed by atoms with Gasteiger partial charge in [0.25, 0.3) is 5.91 Å². The van der Waals surface area contributed by atoms with Crippen molar-refractivity contribution in [3.05, 3.63) is 52.5 Å². The minimum Gasteiger partial charge on any atom is -0.454 e. The SMILES string of the molecule is CCNC(=O)c1ccc(N)c(Oc2cc(C)ccc2Cl)c1. The summed E-state index contributed by atoms with van der Waals surface area (Å²) in [6.07, 6.45) is 0. The first-order chi connectivity index (χ1) is 10.0. The van der Waals surface area contributed by atoms with Gasteiger partial charge < -0.3 is 15.8 Å². The van der Waals surface area contributed by atoms with Gasteiger partial charge in [0.2, 0.25) is 0 Å². The summed E-state index contributed by atoms with van der Waals surface area (Å²) in [4.78, 5) is 11.8. The highest BCUT2D eigenvalue weighted by Gasteiger charge is 2.11. The Morgan fingerprint density at radius 1 is 1.24 bits per heavy atom. The van der Waals surface area contributed by atoms with E-state index in [9.17, 15) is 4.79 Å². The fourth-order valence-corrected chi connectivity index (χ4v) is 1.99. The van der Waals surface area contributed by atoms with E-state index in [-0.39, 0.29) is 5.91 Å². The van der Waals surface area contributed by atoms with Gasteiger partial charge in [0, 0.05) is 12.1 Å². The Balaban J connectivity index is 2.33. The summed E-state index contributed by atoms with van der Waals surface area (Å²) in [6.45, 7) is 4.36. The van der Waals surface area contributed by atoms with Crippen molar-refractivity contribution in [3.63, 3.8) is 0 Å². The molecule has 0 spiro atoms. The number of halogens is 1. The normalized spacial score (nSPS) is 10.2. The van der Waals surface area contributed by atoms with Gasteiger partial charge in [-0.05, 0) is 49.7 Å². The van der Waals surface area contributed by atoms with E-state index in [1.165, 1.54) is 0 Å². The number of hydrogen-bond donors (Lipinski definition) is 2. The number of aryl methyl sites for hydroxylation is 1. The van der Waals surface area contributed by atoms with Crippen molar-refractivity contribution >= 4 is 23.2 Å². The monoisotopic (exact) mass is 304 g/mol. The largest absolute Gasteiger partial charge is 0.454 e. The number of benzene rings is 2. The Kier molecular flexibility index (Phi) is 4.70. The quantitative estimate of drug-likeness (QED) is 0.845. The predicted octanol–water partition coefficient (Wildman–Crippen LogP) is 3.77. The molecular weight excluding hydrogens is 288 g/mol. The van der Waals surface area contributed by atoms with Crippen LogP contribution in [-0.2, 0) is 0 Å². The fourth-order valence-electron chi connectivity index (χ4n) is 1.83. The average Bonchev–Trinajstić information content (AvgIpc) is 2.45. The highest BCUT2D eigenvalue weighted by molar-refractivity contribution is 6.32. The highest BCUT2D eigenvalue weighted by Crippen LogP contribution is 2.33. The van der Waals surface area contributed by atoms with Crippen molar-refractivity contribution in [1.82, 2.24) is 5.32 Å². The lowest BCUT2D eigenvalue weighted by atomic mass is 10.1. The molecule has 0 fully saturated rings. The molecule has 1 amide bonds. The molecule has 0 saturated heterocycles. The van der Waals surface area contributed by atoms with Crippen molar-refractivity contribution < 1.29 is 9.53 Å². The van der Waals surface area contributed by atoms with Crippen LogP contribution < -0.4 is 15.8 Å². The van der Waals surface area contributed by atoms with E-state index in [2.05, 4.69) is 5.32 Å². The molecule has 0 bridgehead atoms. The van der Waals surface area contributed by atoms with E-state index in [0.717, 1.165) is 5.56 Å². The van der Waals surface area contributed by atoms with Crippen molar-refractivity contribution in [3.8, 4) is 11.5 Å². The van der Waals surface area contributed by atoms with E-state index in [0.29, 0.717) is 34.3 Å². The molecule has 21 heavy (non-hydrogen) atoms. The van der Waals surface area contributed by atoms with Gasteiger partial charge in [-0.2, -0.15) is 0 Å². The zero-order chi connectivity index (χ0) is 15.4. The number of carbonyl (C=O) groups is 1. The maximum absolute atomic E-state index is 11.8. The number of nitrogen functional groups attached to an aromatic ring is 1. The van der Waals surface area contributed by atoms with E-state index in [4.69, 9.17) is 22.1 Å². The third kappa shape index (κ3) is 3.67. The third-order valence-corrected chi connectivity index (χ3v) is 3.23. The van der Waals surface area contributed by atoms with Crippen LogP contribution in [0, 0.1) is 6.92 Å². The van der Waals surface area contributed by atoms with E-state index >= 15 is 0 Å². The van der Waals surface area contributed by atoms with Crippen molar-refractivity contribution in [2.45, 2.75) is 13.8 Å². The third-order valence-electron chi connectivity index (χ3n) is 2.92. The first-order valence-electron chi connectivity index (χ1n) is 6.63. The van der Waals surface area contributed by atoms with Gasteiger partial charge in [-0.3, -0.25) is 4.79 Å². The second-order valence-electron chi connectivity index (χ2n) is 4.65. The standard InChI is InChI=1S/C16H17ClN2O2/c1-3-19-16(20)11-5-7-13(18)15(9-11)21-14-8-10(2)4-6-12(14)17/h4-9H,3,18H2,1-2H3,(H,19,20). The molecular formula is C16H17ClN2O2. The topological polar surface area (TPSA) is 64.4 Å². The Morgan fingerprint density at radius 3 is 2.71 bits per heavy atom. The second-order valence-corrected chi connectivity index (χ2v) is 5.06. The van der Waals surface area contributed by atoms with Gasteiger partial charge in [0.05, 0.1) is 10.7 Å². The molecule has 4 nitrogen and oxygen atoms in total. The predicted molar refractivity (Wildman–Crippen MR) is 85.1 cm³/mol. The highest BCUT2D eigenvalue weighted by atomic mass is 35.5. The number of nitrogens with two attached hydrogens (primary N) is 1. The summed E-state index contributed by atoms with van der Waals surface area (Å²) in [7, 11) is 0. The molecule has 0 aliphatic rings. The lowest BCUT2D eigenvalue weighted by Gasteiger charge is -2.12. The lowest BCUT2D eigenvalue weighted by molar-refractivity contribution is 0.0955. The van der Waals surface area contributed by atoms with E-state index in [1.54, 1.807) is 24.3 Å². The van der Waals surface area contributed by atoms with Crippen LogP contribution in [0.5, 0.6) is 11.5 Å². The van der Waals surface area contributed by atoms with Gasteiger partial charge in [0.15, 0.2) is 5.75 Å². The van der Waals surface area contributed by atoms with Gasteiger partial charge in [-0.25, -0.2) is 0 Å². The van der Waals surface area contributed by atoms with Crippen molar-refractivity contribution in [2.24, 2.45) is 0 Å². The van der Waals surface area contributed by atoms with Crippen LogP contribution in [0.4, 0.5) is 5.69 Å². The van der Waals surface area contributed by atoms with Crippen LogP contribution in [0.25, 0.3) is 0 Å². The Morgan fingerprint density at radius 2 is 2.00 bits per heavy atom. The number of carbonyl (C=O) groups excluding carboxylic acids is 1. The Hall–Kier alpha value is -2.20. The van der Waals surface area contributed by atoms with Crippen LogP contribution in [0.2, 0.25) is 5.02 Å². The van der Waals surface area contributed by atoms with Crippen molar-refractivity contribution in [1.29, 1.82) is 0 Å². The number of anilines is 1. The molecule has 5 heteroatoms. The molecule has 3 N–H and O–H groups in total. The molecule has 0 aliphatic heterocycles. The van der Waals surface area contributed by atoms with Gasteiger partial charge in [-0.15, -0.1) is 0 Å². The second kappa shape index (κ2) is 6.50. The number of amides is 1. The number of ether oxygens (including phenoxy) is 1. The molecule has 0 radical (unpaired) electrons. The first kappa shape index (κ1) is 15.2. The molecule has 0 atom stereocenters. The van der Waals surface area contributed by atoms with Gasteiger partial charge in [0.1, 0.15) is 5.75 Å². The number of rotatable bonds is 4. The maximum atomic E-state index is 11.8. The van der Waals surface area contributed by atoms with Crippen LogP contribution in [0.1, 0.15) is 22.8 Å². The molecule has 0 aliphatic carbocycles. The molecule has 2 rings (SSSR count). The molecule has 110 valence electrons. The number of hydrogen-bond acceptors (Lipinski definition) is 3. The minimum atomic E-state index is -0.169. The lowest BCUT2D eigenvalue weighted by Crippen LogP contribution is -2.22. The molecule has 2 aromatic carbocycles. The minimum absolute atomic E-state index is 0.169. The molecule has 0 aromatic heterocycles. The maximum Gasteiger partial charge on any atom is 0.251 e. The molecule has 0 saturated carbocycles. The number of nitrogens with one attached hydrogen (secondary N) is 1. The molecule has 2 aromatic rings. The summed E-state index contributed by atoms with van der Waals surface area (Å²) >= 11 is 6.11. The van der Waals surface area contributed by atoms with Crippen LogP contribution >= 0.6 is 11.6 Å². The summed E-state index contributed by atoms with van der Waals surface area (Å²) in [5, 5.41) is 3.22. The van der Waals surface area contributed by atoms with Gasteiger partial charge >= 0.3 is 0 Å². The summed E-state index contributed by atoms with van der Waals surface area (Å²) in [5.74, 6) is 0.750. The Labute approximate surface area is 128 Å². The Bertz CT molecular complexity index is 671. The summed E-state index contributed by atoms with van der Waals surface area (Å²) in [5.41, 5.74) is 7.86. The zero-order valence-corrected chi connectivity index (χ0v) is 12.7. The van der Waals surface area contributed by atoms with Gasteiger partial charge in [-0.1, -0.05) is 17.7 Å². The fraction of sp³-hybridized carbons (Fsp3) is 0.188. The average molecular weight is 305 g/mol. The zero-order valence-electron chi connectivity index (χ0n) is 11.9. The van der Waals surface area contributed by atoms with Crippen LogP contribution in [0.15, 0.2) is 36.4 Å². The van der Waals surface area contributed by atoms with Crippen LogP contribution in [0.3, 0.4) is 0 Å². The molecule has 0 heterocycles. The summed E-state index contributed by atoms with van der Waals surface area (Å²) in [6, 6.07) is 10.4. The smallest absolute Gasteiger partial charge is 0.251 e. The summed E-state index contributed by atoms with van der Waals surface area (Å²) < 4.78 is 5.75.